The number of amides is 1. The fraction of sp³-hybridized carbons (Fsp3) is 0.278. The first-order valence-electron chi connectivity index (χ1n) is 7.96. The number of hydrogen-bond donors (Lipinski definition) is 2. The topological polar surface area (TPSA) is 79.8 Å². The molecule has 0 aliphatic heterocycles. The van der Waals surface area contributed by atoms with Gasteiger partial charge in [0, 0.05) is 21.8 Å². The first kappa shape index (κ1) is 17.2. The van der Waals surface area contributed by atoms with Crippen molar-refractivity contribution in [1.29, 1.82) is 0 Å². The molecule has 0 saturated carbocycles. The lowest BCUT2D eigenvalue weighted by molar-refractivity contribution is -0.115. The van der Waals surface area contributed by atoms with Crippen LogP contribution in [0.4, 0.5) is 5.69 Å². The van der Waals surface area contributed by atoms with Gasteiger partial charge in [-0.1, -0.05) is 23.5 Å². The number of thiazole rings is 1. The number of carbonyl (C=O) groups excluding carboxylic acids is 1. The largest absolute Gasteiger partial charge is 0.326 e. The summed E-state index contributed by atoms with van der Waals surface area (Å²) in [7, 11) is 0. The molecule has 0 fully saturated rings. The van der Waals surface area contributed by atoms with E-state index in [4.69, 9.17) is 0 Å². The Balaban J connectivity index is 1.83. The molecular weight excluding hydrogens is 336 g/mol. The molecule has 3 rings (SSSR count). The highest BCUT2D eigenvalue weighted by Gasteiger charge is 2.18. The van der Waals surface area contributed by atoms with Crippen LogP contribution in [0.25, 0.3) is 5.13 Å². The van der Waals surface area contributed by atoms with Crippen molar-refractivity contribution in [3.05, 3.63) is 62.0 Å². The van der Waals surface area contributed by atoms with E-state index in [1.54, 1.807) is 6.92 Å². The summed E-state index contributed by atoms with van der Waals surface area (Å²) in [5.74, 6) is -0.219. The van der Waals surface area contributed by atoms with Gasteiger partial charge in [-0.3, -0.25) is 14.7 Å². The SMILES string of the molecule is Cc1cccc(NC(=O)Cc2c(C)[nH]n(-c3nc(C)c(C)s3)c2=O)c1. The van der Waals surface area contributed by atoms with E-state index in [0.717, 1.165) is 21.8 Å². The zero-order chi connectivity index (χ0) is 18.1. The number of carbonyl (C=O) groups is 1. The van der Waals surface area contributed by atoms with E-state index >= 15 is 0 Å². The fourth-order valence-electron chi connectivity index (χ4n) is 2.56. The zero-order valence-electron chi connectivity index (χ0n) is 14.6. The van der Waals surface area contributed by atoms with Gasteiger partial charge in [0.25, 0.3) is 5.56 Å². The first-order chi connectivity index (χ1) is 11.8. The molecule has 0 aliphatic carbocycles. The van der Waals surface area contributed by atoms with Gasteiger partial charge in [0.15, 0.2) is 0 Å². The third kappa shape index (κ3) is 3.56. The summed E-state index contributed by atoms with van der Waals surface area (Å²) in [6.07, 6.45) is 0.0193. The molecule has 0 aliphatic rings. The number of nitrogens with one attached hydrogen (secondary N) is 2. The predicted octanol–water partition coefficient (Wildman–Crippen LogP) is 3.04. The molecule has 0 radical (unpaired) electrons. The molecule has 2 aromatic heterocycles. The van der Waals surface area contributed by atoms with Gasteiger partial charge in [0.2, 0.25) is 11.0 Å². The normalized spacial score (nSPS) is 10.9. The van der Waals surface area contributed by atoms with Crippen LogP contribution in [0, 0.1) is 27.7 Å². The highest BCUT2D eigenvalue weighted by atomic mass is 32.1. The molecular formula is C18H20N4O2S. The number of rotatable bonds is 4. The maximum atomic E-state index is 12.7. The highest BCUT2D eigenvalue weighted by molar-refractivity contribution is 7.14. The summed E-state index contributed by atoms with van der Waals surface area (Å²) in [6.45, 7) is 7.63. The van der Waals surface area contributed by atoms with Gasteiger partial charge in [-0.25, -0.2) is 4.98 Å². The van der Waals surface area contributed by atoms with Crippen LogP contribution in [0.1, 0.15) is 27.4 Å². The summed E-state index contributed by atoms with van der Waals surface area (Å²) in [6, 6.07) is 7.56. The number of aromatic amines is 1. The number of anilines is 1. The first-order valence-corrected chi connectivity index (χ1v) is 8.78. The summed E-state index contributed by atoms with van der Waals surface area (Å²) in [5, 5.41) is 6.45. The average molecular weight is 356 g/mol. The summed E-state index contributed by atoms with van der Waals surface area (Å²) < 4.78 is 1.41. The van der Waals surface area contributed by atoms with E-state index in [-0.39, 0.29) is 17.9 Å². The van der Waals surface area contributed by atoms with Gasteiger partial charge in [-0.2, -0.15) is 4.68 Å². The standard InChI is InChI=1S/C18H20N4O2S/c1-10-6-5-7-14(8-10)20-16(23)9-15-12(3)21-22(17(15)24)18-19-11(2)13(4)25-18/h5-8,21H,9H2,1-4H3,(H,20,23). The third-order valence-electron chi connectivity index (χ3n) is 4.04. The molecule has 0 atom stereocenters. The number of hydrogen-bond acceptors (Lipinski definition) is 4. The Kier molecular flexibility index (Phi) is 4.59. The van der Waals surface area contributed by atoms with Crippen LogP contribution in [0.2, 0.25) is 0 Å². The molecule has 1 aromatic carbocycles. The molecule has 130 valence electrons. The lowest BCUT2D eigenvalue weighted by atomic mass is 10.1. The lowest BCUT2D eigenvalue weighted by Crippen LogP contribution is -2.22. The van der Waals surface area contributed by atoms with Crippen molar-refractivity contribution in [2.24, 2.45) is 0 Å². The quantitative estimate of drug-likeness (QED) is 0.754. The van der Waals surface area contributed by atoms with Crippen molar-refractivity contribution >= 4 is 22.9 Å². The van der Waals surface area contributed by atoms with Crippen molar-refractivity contribution in [2.75, 3.05) is 5.32 Å². The maximum Gasteiger partial charge on any atom is 0.277 e. The number of H-pyrrole nitrogens is 1. The molecule has 1 amide bonds. The van der Waals surface area contributed by atoms with Gasteiger partial charge >= 0.3 is 0 Å². The van der Waals surface area contributed by atoms with Crippen LogP contribution >= 0.6 is 11.3 Å². The molecule has 25 heavy (non-hydrogen) atoms. The van der Waals surface area contributed by atoms with Crippen LogP contribution in [0.3, 0.4) is 0 Å². The molecule has 0 bridgehead atoms. The van der Waals surface area contributed by atoms with Crippen LogP contribution in [-0.2, 0) is 11.2 Å². The van der Waals surface area contributed by atoms with Crippen molar-refractivity contribution in [3.8, 4) is 5.13 Å². The number of nitrogens with zero attached hydrogens (tertiary/aromatic N) is 2. The Morgan fingerprint density at radius 3 is 2.68 bits per heavy atom. The molecule has 6 nitrogen and oxygen atoms in total. The second-order valence-electron chi connectivity index (χ2n) is 6.09. The second kappa shape index (κ2) is 6.68. The van der Waals surface area contributed by atoms with Gasteiger partial charge in [-0.05, 0) is 45.4 Å². The van der Waals surface area contributed by atoms with Crippen LogP contribution in [0.5, 0.6) is 0 Å². The van der Waals surface area contributed by atoms with Gasteiger partial charge in [0.1, 0.15) is 0 Å². The van der Waals surface area contributed by atoms with Crippen molar-refractivity contribution < 1.29 is 4.79 Å². The van der Waals surface area contributed by atoms with E-state index in [1.807, 2.05) is 45.0 Å². The maximum absolute atomic E-state index is 12.7. The van der Waals surface area contributed by atoms with Crippen LogP contribution < -0.4 is 10.9 Å². The average Bonchev–Trinajstić information content (AvgIpc) is 3.01. The number of aromatic nitrogens is 3. The predicted molar refractivity (Wildman–Crippen MR) is 99.8 cm³/mol. The van der Waals surface area contributed by atoms with E-state index < -0.39 is 0 Å². The van der Waals surface area contributed by atoms with Crippen molar-refractivity contribution in [1.82, 2.24) is 14.8 Å². The van der Waals surface area contributed by atoms with E-state index in [1.165, 1.54) is 16.0 Å². The highest BCUT2D eigenvalue weighted by Crippen LogP contribution is 2.19. The van der Waals surface area contributed by atoms with Crippen LogP contribution in [0.15, 0.2) is 29.1 Å². The Morgan fingerprint density at radius 2 is 2.04 bits per heavy atom. The van der Waals surface area contributed by atoms with Crippen molar-refractivity contribution in [2.45, 2.75) is 34.1 Å². The third-order valence-corrected chi connectivity index (χ3v) is 5.10. The summed E-state index contributed by atoms with van der Waals surface area (Å²) in [5.41, 5.74) is 3.59. The second-order valence-corrected chi connectivity index (χ2v) is 7.27. The van der Waals surface area contributed by atoms with Gasteiger partial charge < -0.3 is 5.32 Å². The van der Waals surface area contributed by atoms with E-state index in [0.29, 0.717) is 16.4 Å². The minimum atomic E-state index is -0.231. The minimum Gasteiger partial charge on any atom is -0.326 e. The fourth-order valence-corrected chi connectivity index (χ4v) is 3.43. The summed E-state index contributed by atoms with van der Waals surface area (Å²) >= 11 is 1.45. The monoisotopic (exact) mass is 356 g/mol. The zero-order valence-corrected chi connectivity index (χ0v) is 15.5. The number of aryl methyl sites for hydroxylation is 4. The summed E-state index contributed by atoms with van der Waals surface area (Å²) in [4.78, 5) is 30.5. The minimum absolute atomic E-state index is 0.0193. The molecule has 7 heteroatoms. The lowest BCUT2D eigenvalue weighted by Gasteiger charge is -2.05. The Labute approximate surface area is 149 Å². The van der Waals surface area contributed by atoms with Gasteiger partial charge in [0.05, 0.1) is 12.1 Å². The molecule has 0 unspecified atom stereocenters. The van der Waals surface area contributed by atoms with E-state index in [2.05, 4.69) is 15.4 Å². The molecule has 2 N–H and O–H groups in total. The molecule has 0 saturated heterocycles. The Hall–Kier alpha value is -2.67. The van der Waals surface area contributed by atoms with Crippen molar-refractivity contribution in [3.63, 3.8) is 0 Å². The smallest absolute Gasteiger partial charge is 0.277 e. The number of benzene rings is 1. The van der Waals surface area contributed by atoms with Crippen LogP contribution in [-0.4, -0.2) is 20.7 Å². The molecule has 0 spiro atoms. The van der Waals surface area contributed by atoms with E-state index in [9.17, 15) is 9.59 Å². The molecule has 3 aromatic rings. The molecule has 2 heterocycles. The van der Waals surface area contributed by atoms with Gasteiger partial charge in [-0.15, -0.1) is 0 Å². The Bertz CT molecular complexity index is 977. The Morgan fingerprint density at radius 1 is 1.28 bits per heavy atom.